The van der Waals surface area contributed by atoms with E-state index < -0.39 is 5.60 Å². The minimum absolute atomic E-state index is 0.0878. The maximum atomic E-state index is 13.2. The molecule has 2 amide bonds. The van der Waals surface area contributed by atoms with Crippen LogP contribution in [0.5, 0.6) is 5.75 Å². The summed E-state index contributed by atoms with van der Waals surface area (Å²) in [4.78, 5) is 27.8. The summed E-state index contributed by atoms with van der Waals surface area (Å²) < 4.78 is 5.56. The van der Waals surface area contributed by atoms with Crippen LogP contribution in [-0.2, 0) is 9.59 Å². The SMILES string of the molecule is CCCCN1C(=O)CC[C@@H](C(=O)NCC2(O)CCCC2)[C@@H]1c1ccccc1OC. The molecule has 3 rings (SSSR count). The monoisotopic (exact) mass is 402 g/mol. The summed E-state index contributed by atoms with van der Waals surface area (Å²) in [5, 5.41) is 13.6. The molecule has 2 aliphatic rings. The Hall–Kier alpha value is -2.08. The van der Waals surface area contributed by atoms with Crippen LogP contribution in [0.4, 0.5) is 0 Å². The smallest absolute Gasteiger partial charge is 0.225 e. The Morgan fingerprint density at radius 1 is 1.31 bits per heavy atom. The molecule has 0 aromatic heterocycles. The van der Waals surface area contributed by atoms with E-state index in [2.05, 4.69) is 12.2 Å². The Labute approximate surface area is 173 Å². The molecule has 160 valence electrons. The van der Waals surface area contributed by atoms with E-state index in [9.17, 15) is 14.7 Å². The van der Waals surface area contributed by atoms with Crippen LogP contribution >= 0.6 is 0 Å². The summed E-state index contributed by atoms with van der Waals surface area (Å²) in [6.45, 7) is 3.01. The number of rotatable bonds is 8. The predicted molar refractivity (Wildman–Crippen MR) is 112 cm³/mol. The Balaban J connectivity index is 1.86. The number of likely N-dealkylation sites (tertiary alicyclic amines) is 1. The molecule has 6 nitrogen and oxygen atoms in total. The first kappa shape index (κ1) is 21.6. The number of hydrogen-bond donors (Lipinski definition) is 2. The van der Waals surface area contributed by atoms with E-state index in [1.807, 2.05) is 29.2 Å². The molecule has 0 bridgehead atoms. The van der Waals surface area contributed by atoms with Crippen molar-refractivity contribution < 1.29 is 19.4 Å². The van der Waals surface area contributed by atoms with E-state index >= 15 is 0 Å². The van der Waals surface area contributed by atoms with Crippen molar-refractivity contribution in [3.8, 4) is 5.75 Å². The van der Waals surface area contributed by atoms with Gasteiger partial charge in [0.25, 0.3) is 0 Å². The zero-order chi connectivity index (χ0) is 20.9. The molecule has 1 aliphatic carbocycles. The van der Waals surface area contributed by atoms with Crippen molar-refractivity contribution >= 4 is 11.8 Å². The Morgan fingerprint density at radius 2 is 2.03 bits per heavy atom. The second-order valence-corrected chi connectivity index (χ2v) is 8.42. The van der Waals surface area contributed by atoms with Gasteiger partial charge >= 0.3 is 0 Å². The van der Waals surface area contributed by atoms with Gasteiger partial charge in [-0.05, 0) is 31.7 Å². The molecule has 0 spiro atoms. The molecule has 1 saturated carbocycles. The largest absolute Gasteiger partial charge is 0.496 e. The highest BCUT2D eigenvalue weighted by atomic mass is 16.5. The van der Waals surface area contributed by atoms with Crippen molar-refractivity contribution in [1.82, 2.24) is 10.2 Å². The number of carbonyl (C=O) groups is 2. The van der Waals surface area contributed by atoms with Crippen molar-refractivity contribution in [3.05, 3.63) is 29.8 Å². The molecule has 1 heterocycles. The average molecular weight is 403 g/mol. The van der Waals surface area contributed by atoms with Crippen LogP contribution in [0, 0.1) is 5.92 Å². The number of ether oxygens (including phenoxy) is 1. The van der Waals surface area contributed by atoms with E-state index in [1.165, 1.54) is 0 Å². The van der Waals surface area contributed by atoms with Gasteiger partial charge in [0, 0.05) is 25.1 Å². The van der Waals surface area contributed by atoms with Gasteiger partial charge in [-0.2, -0.15) is 0 Å². The van der Waals surface area contributed by atoms with Crippen molar-refractivity contribution in [1.29, 1.82) is 0 Å². The van der Waals surface area contributed by atoms with Gasteiger partial charge in [0.15, 0.2) is 0 Å². The molecule has 1 aromatic carbocycles. The van der Waals surface area contributed by atoms with E-state index in [-0.39, 0.29) is 30.3 Å². The first-order valence-corrected chi connectivity index (χ1v) is 10.9. The minimum Gasteiger partial charge on any atom is -0.496 e. The Morgan fingerprint density at radius 3 is 2.72 bits per heavy atom. The van der Waals surface area contributed by atoms with Crippen LogP contribution in [0.1, 0.15) is 69.9 Å². The Bertz CT molecular complexity index is 715. The third-order valence-electron chi connectivity index (χ3n) is 6.38. The summed E-state index contributed by atoms with van der Waals surface area (Å²) in [7, 11) is 1.62. The second kappa shape index (κ2) is 9.61. The normalized spacial score (nSPS) is 23.8. The molecular formula is C23H34N2O4. The number of piperidine rings is 1. The first-order valence-electron chi connectivity index (χ1n) is 10.9. The predicted octanol–water partition coefficient (Wildman–Crippen LogP) is 3.20. The van der Waals surface area contributed by atoms with Gasteiger partial charge in [0.05, 0.1) is 24.7 Å². The number of aliphatic hydroxyl groups is 1. The van der Waals surface area contributed by atoms with Crippen molar-refractivity contribution in [2.24, 2.45) is 5.92 Å². The van der Waals surface area contributed by atoms with E-state index in [4.69, 9.17) is 4.74 Å². The number of methoxy groups -OCH3 is 1. The maximum Gasteiger partial charge on any atom is 0.225 e. The Kier molecular flexibility index (Phi) is 7.17. The zero-order valence-electron chi connectivity index (χ0n) is 17.7. The summed E-state index contributed by atoms with van der Waals surface area (Å²) in [6, 6.07) is 7.30. The lowest BCUT2D eigenvalue weighted by molar-refractivity contribution is -0.144. The summed E-state index contributed by atoms with van der Waals surface area (Å²) >= 11 is 0. The number of benzene rings is 1. The van der Waals surface area contributed by atoms with Gasteiger partial charge in [0.1, 0.15) is 5.75 Å². The third-order valence-corrected chi connectivity index (χ3v) is 6.38. The van der Waals surface area contributed by atoms with Gasteiger partial charge in [0.2, 0.25) is 11.8 Å². The molecule has 2 atom stereocenters. The zero-order valence-corrected chi connectivity index (χ0v) is 17.7. The quantitative estimate of drug-likeness (QED) is 0.700. The number of para-hydroxylation sites is 1. The lowest BCUT2D eigenvalue weighted by atomic mass is 9.82. The maximum absolute atomic E-state index is 13.2. The third kappa shape index (κ3) is 4.92. The lowest BCUT2D eigenvalue weighted by Crippen LogP contribution is -2.50. The number of unbranched alkanes of at least 4 members (excludes halogenated alkanes) is 1. The molecule has 1 saturated heterocycles. The van der Waals surface area contributed by atoms with Gasteiger partial charge in [-0.3, -0.25) is 9.59 Å². The molecular weight excluding hydrogens is 368 g/mol. The second-order valence-electron chi connectivity index (χ2n) is 8.42. The average Bonchev–Trinajstić information content (AvgIpc) is 3.17. The molecule has 0 radical (unpaired) electrons. The van der Waals surface area contributed by atoms with Gasteiger partial charge in [-0.15, -0.1) is 0 Å². The van der Waals surface area contributed by atoms with Crippen molar-refractivity contribution in [2.75, 3.05) is 20.2 Å². The highest BCUT2D eigenvalue weighted by molar-refractivity contribution is 5.85. The standard InChI is InChI=1S/C23H34N2O4/c1-3-4-15-25-20(26)12-11-18(21(25)17-9-5-6-10-19(17)29-2)22(27)24-16-23(28)13-7-8-14-23/h5-6,9-10,18,21,28H,3-4,7-8,11-16H2,1-2H3,(H,24,27)/t18-,21+/m1/s1. The fourth-order valence-electron chi connectivity index (χ4n) is 4.71. The molecule has 2 fully saturated rings. The molecule has 2 N–H and O–H groups in total. The number of carbonyl (C=O) groups excluding carboxylic acids is 2. The fraction of sp³-hybridized carbons (Fsp3) is 0.652. The minimum atomic E-state index is -0.790. The summed E-state index contributed by atoms with van der Waals surface area (Å²) in [5.74, 6) is 0.342. The number of amides is 2. The van der Waals surface area contributed by atoms with Gasteiger partial charge < -0.3 is 20.1 Å². The van der Waals surface area contributed by atoms with E-state index in [1.54, 1.807) is 7.11 Å². The fourth-order valence-corrected chi connectivity index (χ4v) is 4.71. The van der Waals surface area contributed by atoms with Crippen LogP contribution in [0.3, 0.4) is 0 Å². The molecule has 0 unspecified atom stereocenters. The highest BCUT2D eigenvalue weighted by Gasteiger charge is 2.42. The molecule has 6 heteroatoms. The topological polar surface area (TPSA) is 78.9 Å². The summed E-state index contributed by atoms with van der Waals surface area (Å²) in [5.41, 5.74) is 0.0843. The van der Waals surface area contributed by atoms with Gasteiger partial charge in [-0.1, -0.05) is 44.4 Å². The number of hydrogen-bond acceptors (Lipinski definition) is 4. The van der Waals surface area contributed by atoms with Crippen LogP contribution in [0.2, 0.25) is 0 Å². The van der Waals surface area contributed by atoms with Crippen molar-refractivity contribution in [2.45, 2.75) is 69.9 Å². The van der Waals surface area contributed by atoms with Crippen molar-refractivity contribution in [3.63, 3.8) is 0 Å². The number of nitrogens with zero attached hydrogens (tertiary/aromatic N) is 1. The number of nitrogens with one attached hydrogen (secondary N) is 1. The van der Waals surface area contributed by atoms with E-state index in [0.29, 0.717) is 25.1 Å². The van der Waals surface area contributed by atoms with E-state index in [0.717, 1.165) is 44.1 Å². The van der Waals surface area contributed by atoms with Crippen LogP contribution in [-0.4, -0.2) is 47.6 Å². The molecule has 29 heavy (non-hydrogen) atoms. The first-order chi connectivity index (χ1) is 14.0. The van der Waals surface area contributed by atoms with Gasteiger partial charge in [-0.25, -0.2) is 0 Å². The lowest BCUT2D eigenvalue weighted by Gasteiger charge is -2.41. The molecule has 1 aromatic rings. The highest BCUT2D eigenvalue weighted by Crippen LogP contribution is 2.41. The summed E-state index contributed by atoms with van der Waals surface area (Å²) in [6.07, 6.45) is 6.21. The van der Waals surface area contributed by atoms with Crippen LogP contribution in [0.25, 0.3) is 0 Å². The molecule has 1 aliphatic heterocycles. The van der Waals surface area contributed by atoms with Crippen LogP contribution < -0.4 is 10.1 Å². The van der Waals surface area contributed by atoms with Crippen LogP contribution in [0.15, 0.2) is 24.3 Å².